The molecule has 0 radical (unpaired) electrons. The Labute approximate surface area is 243 Å². The van der Waals surface area contributed by atoms with Gasteiger partial charge in [0.15, 0.2) is 17.3 Å². The molecule has 0 unspecified atom stereocenters. The van der Waals surface area contributed by atoms with Crippen molar-refractivity contribution in [1.82, 2.24) is 29.2 Å². The highest BCUT2D eigenvalue weighted by atomic mass is 35.5. The lowest BCUT2D eigenvalue weighted by Crippen LogP contribution is -2.40. The molecular weight excluding hydrogens is 602 g/mol. The minimum Gasteiger partial charge on any atom is -0.337 e. The molecule has 3 aromatic heterocycles. The number of carbonyl (C=O) groups is 1. The van der Waals surface area contributed by atoms with E-state index in [-0.39, 0.29) is 59.2 Å². The third-order valence-corrected chi connectivity index (χ3v) is 7.65. The number of fused-ring (bicyclic) bond motifs is 1. The van der Waals surface area contributed by atoms with Crippen molar-refractivity contribution >= 4 is 28.5 Å². The zero-order valence-electron chi connectivity index (χ0n) is 21.8. The van der Waals surface area contributed by atoms with Crippen LogP contribution in [0, 0.1) is 17.5 Å². The van der Waals surface area contributed by atoms with Crippen LogP contribution in [-0.4, -0.2) is 48.2 Å². The molecular formula is C28H19ClF6N6O2. The topological polar surface area (TPSA) is 88.8 Å². The Bertz CT molecular complexity index is 1940. The van der Waals surface area contributed by atoms with Crippen LogP contribution < -0.4 is 5.69 Å². The Balaban J connectivity index is 1.31. The molecule has 0 bridgehead atoms. The Hall–Kier alpha value is -4.59. The van der Waals surface area contributed by atoms with E-state index in [0.29, 0.717) is 17.7 Å². The summed E-state index contributed by atoms with van der Waals surface area (Å²) in [6, 6.07) is 8.41. The van der Waals surface area contributed by atoms with E-state index >= 15 is 0 Å². The average Bonchev–Trinajstić information content (AvgIpc) is 3.56. The molecule has 5 aromatic rings. The normalized spacial score (nSPS) is 14.5. The van der Waals surface area contributed by atoms with Crippen molar-refractivity contribution in [2.24, 2.45) is 0 Å². The molecule has 6 rings (SSSR count). The van der Waals surface area contributed by atoms with E-state index in [1.165, 1.54) is 23.2 Å². The van der Waals surface area contributed by atoms with Crippen LogP contribution in [0.1, 0.15) is 34.9 Å². The standard InChI is InChI=1S/C28H19ClF6N6O2/c29-25-16(2-1-9-36-25)22-13-21(38-41(22)15-3-4-17(19(31)12-15)28(33,34)35)26(42)39-10-7-14(8-11-39)40-24-20(37-27(40)43)6-5-18(30)23(24)32/h1-6,9,12-14H,7-8,10-11H2,(H,37,43). The van der Waals surface area contributed by atoms with E-state index in [9.17, 15) is 35.9 Å². The van der Waals surface area contributed by atoms with Gasteiger partial charge < -0.3 is 9.88 Å². The number of benzene rings is 2. The number of hydrogen-bond donors (Lipinski definition) is 1. The van der Waals surface area contributed by atoms with Crippen LogP contribution in [0.25, 0.3) is 28.0 Å². The maximum atomic E-state index is 14.6. The monoisotopic (exact) mass is 620 g/mol. The number of nitrogens with zero attached hydrogens (tertiary/aromatic N) is 5. The van der Waals surface area contributed by atoms with Crippen LogP contribution in [0.5, 0.6) is 0 Å². The molecule has 0 aliphatic carbocycles. The summed E-state index contributed by atoms with van der Waals surface area (Å²) < 4.78 is 84.7. The Morgan fingerprint density at radius 2 is 1.74 bits per heavy atom. The number of amides is 1. The zero-order chi connectivity index (χ0) is 30.6. The highest BCUT2D eigenvalue weighted by Gasteiger charge is 2.35. The third kappa shape index (κ3) is 5.05. The second-order valence-corrected chi connectivity index (χ2v) is 10.3. The average molecular weight is 621 g/mol. The van der Waals surface area contributed by atoms with E-state index in [2.05, 4.69) is 15.1 Å². The molecule has 1 aliphatic heterocycles. The summed E-state index contributed by atoms with van der Waals surface area (Å²) in [5, 5.41) is 4.31. The number of pyridine rings is 1. The first-order chi connectivity index (χ1) is 20.4. The van der Waals surface area contributed by atoms with Gasteiger partial charge in [-0.1, -0.05) is 11.6 Å². The molecule has 0 saturated carbocycles. The number of carbonyl (C=O) groups excluding carboxylic acids is 1. The smallest absolute Gasteiger partial charge is 0.337 e. The number of imidazole rings is 1. The summed E-state index contributed by atoms with van der Waals surface area (Å²) in [5.41, 5.74) is -1.83. The highest BCUT2D eigenvalue weighted by Crippen LogP contribution is 2.35. The van der Waals surface area contributed by atoms with Crippen LogP contribution >= 0.6 is 11.6 Å². The molecule has 0 atom stereocenters. The van der Waals surface area contributed by atoms with E-state index in [4.69, 9.17) is 11.6 Å². The van der Waals surface area contributed by atoms with Crippen molar-refractivity contribution in [2.45, 2.75) is 25.1 Å². The molecule has 43 heavy (non-hydrogen) atoms. The lowest BCUT2D eigenvalue weighted by atomic mass is 10.0. The number of likely N-dealkylation sites (tertiary alicyclic amines) is 1. The van der Waals surface area contributed by atoms with Gasteiger partial charge in [-0.2, -0.15) is 18.3 Å². The summed E-state index contributed by atoms with van der Waals surface area (Å²) in [6.07, 6.45) is -3.02. The maximum absolute atomic E-state index is 14.6. The van der Waals surface area contributed by atoms with Crippen molar-refractivity contribution in [1.29, 1.82) is 0 Å². The summed E-state index contributed by atoms with van der Waals surface area (Å²) >= 11 is 6.26. The molecule has 222 valence electrons. The number of alkyl halides is 3. The SMILES string of the molecule is O=C(c1cc(-c2cccnc2Cl)n(-c2ccc(C(F)(F)F)c(F)c2)n1)N1CCC(n2c(=O)[nH]c3ccc(F)c(F)c32)CC1. The van der Waals surface area contributed by atoms with Crippen LogP contribution in [0.4, 0.5) is 26.3 Å². The Morgan fingerprint density at radius 1 is 1.00 bits per heavy atom. The lowest BCUT2D eigenvalue weighted by molar-refractivity contribution is -0.140. The molecule has 4 heterocycles. The zero-order valence-corrected chi connectivity index (χ0v) is 22.6. The predicted molar refractivity (Wildman–Crippen MR) is 143 cm³/mol. The number of aromatic amines is 1. The molecule has 2 aromatic carbocycles. The number of H-pyrrole nitrogens is 1. The number of halogens is 7. The number of hydrogen-bond acceptors (Lipinski definition) is 4. The Morgan fingerprint density at radius 3 is 2.42 bits per heavy atom. The molecule has 15 heteroatoms. The lowest BCUT2D eigenvalue weighted by Gasteiger charge is -2.32. The number of rotatable bonds is 4. The summed E-state index contributed by atoms with van der Waals surface area (Å²) in [5.74, 6) is -4.32. The van der Waals surface area contributed by atoms with E-state index in [1.54, 1.807) is 12.1 Å². The van der Waals surface area contributed by atoms with Crippen molar-refractivity contribution in [3.05, 3.63) is 99.1 Å². The van der Waals surface area contributed by atoms with Gasteiger partial charge in [0, 0.05) is 37.0 Å². The van der Waals surface area contributed by atoms with Crippen molar-refractivity contribution < 1.29 is 31.1 Å². The molecule has 1 saturated heterocycles. The second kappa shape index (κ2) is 10.6. The van der Waals surface area contributed by atoms with E-state index in [0.717, 1.165) is 21.4 Å². The molecule has 1 aliphatic rings. The van der Waals surface area contributed by atoms with E-state index < -0.39 is 46.8 Å². The first kappa shape index (κ1) is 28.5. The molecule has 0 spiro atoms. The number of aromatic nitrogens is 5. The van der Waals surface area contributed by atoms with Crippen molar-refractivity contribution in [3.8, 4) is 16.9 Å². The van der Waals surface area contributed by atoms with Gasteiger partial charge in [0.2, 0.25) is 0 Å². The van der Waals surface area contributed by atoms with Gasteiger partial charge in [-0.15, -0.1) is 0 Å². The van der Waals surface area contributed by atoms with Crippen LogP contribution in [0.15, 0.2) is 59.5 Å². The molecule has 1 fully saturated rings. The van der Waals surface area contributed by atoms with Crippen LogP contribution in [-0.2, 0) is 6.18 Å². The molecule has 1 N–H and O–H groups in total. The van der Waals surface area contributed by atoms with Gasteiger partial charge in [-0.3, -0.25) is 9.36 Å². The first-order valence-corrected chi connectivity index (χ1v) is 13.3. The third-order valence-electron chi connectivity index (χ3n) is 7.35. The second-order valence-electron chi connectivity index (χ2n) is 9.91. The fourth-order valence-electron chi connectivity index (χ4n) is 5.31. The van der Waals surface area contributed by atoms with Gasteiger partial charge in [0.05, 0.1) is 22.5 Å². The van der Waals surface area contributed by atoms with Gasteiger partial charge >= 0.3 is 11.9 Å². The van der Waals surface area contributed by atoms with E-state index in [1.807, 2.05) is 0 Å². The van der Waals surface area contributed by atoms with Gasteiger partial charge in [-0.05, 0) is 55.3 Å². The Kier molecular flexibility index (Phi) is 7.03. The molecule has 1 amide bonds. The predicted octanol–water partition coefficient (Wildman–Crippen LogP) is 6.14. The minimum atomic E-state index is -4.91. The van der Waals surface area contributed by atoms with Gasteiger partial charge in [0.1, 0.15) is 16.5 Å². The largest absolute Gasteiger partial charge is 0.419 e. The quantitative estimate of drug-likeness (QED) is 0.193. The minimum absolute atomic E-state index is 0.0173. The van der Waals surface area contributed by atoms with Crippen molar-refractivity contribution in [3.63, 3.8) is 0 Å². The maximum Gasteiger partial charge on any atom is 0.419 e. The number of piperidine rings is 1. The molecule has 8 nitrogen and oxygen atoms in total. The fourth-order valence-corrected chi connectivity index (χ4v) is 5.52. The summed E-state index contributed by atoms with van der Waals surface area (Å²) in [4.78, 5) is 34.1. The van der Waals surface area contributed by atoms with Gasteiger partial charge in [-0.25, -0.2) is 27.6 Å². The highest BCUT2D eigenvalue weighted by molar-refractivity contribution is 6.32. The van der Waals surface area contributed by atoms with Crippen LogP contribution in [0.2, 0.25) is 5.15 Å². The first-order valence-electron chi connectivity index (χ1n) is 12.9. The van der Waals surface area contributed by atoms with Crippen molar-refractivity contribution in [2.75, 3.05) is 13.1 Å². The van der Waals surface area contributed by atoms with Gasteiger partial charge in [0.25, 0.3) is 5.91 Å². The summed E-state index contributed by atoms with van der Waals surface area (Å²) in [6.45, 7) is 0.259. The fraction of sp³-hybridized carbons (Fsp3) is 0.214. The number of nitrogens with one attached hydrogen (secondary N) is 1. The van der Waals surface area contributed by atoms with Crippen LogP contribution in [0.3, 0.4) is 0 Å². The summed E-state index contributed by atoms with van der Waals surface area (Å²) in [7, 11) is 0.